The molecule has 0 atom stereocenters. The largest absolute Gasteiger partial charge is 0.388 e. The minimum absolute atomic E-state index is 0.0440. The lowest BCUT2D eigenvalue weighted by Gasteiger charge is -2.07. The quantitative estimate of drug-likeness (QED) is 0.624. The molecule has 0 aliphatic carbocycles. The van der Waals surface area contributed by atoms with Gasteiger partial charge in [-0.15, -0.1) is 11.3 Å². The van der Waals surface area contributed by atoms with E-state index in [1.165, 1.54) is 23.5 Å². The first-order valence-corrected chi connectivity index (χ1v) is 7.61. The highest BCUT2D eigenvalue weighted by Gasteiger charge is 2.20. The molecule has 0 radical (unpaired) electrons. The molecule has 0 unspecified atom stereocenters. The number of halogens is 1. The van der Waals surface area contributed by atoms with Crippen molar-refractivity contribution in [3.05, 3.63) is 54.7 Å². The van der Waals surface area contributed by atoms with Crippen LogP contribution in [0.15, 0.2) is 34.1 Å². The number of benzene rings is 1. The third-order valence-corrected chi connectivity index (χ3v) is 4.40. The van der Waals surface area contributed by atoms with E-state index >= 15 is 0 Å². The smallest absolute Gasteiger partial charge is 0.282 e. The topological polar surface area (TPSA) is 84.3 Å². The van der Waals surface area contributed by atoms with Gasteiger partial charge in [-0.2, -0.15) is 0 Å². The van der Waals surface area contributed by atoms with Crippen LogP contribution in [0.1, 0.15) is 15.2 Å². The number of hydrogen-bond donors (Lipinski definition) is 2. The number of nitro benzene ring substituents is 1. The summed E-state index contributed by atoms with van der Waals surface area (Å²) in [5.74, 6) is -0.469. The maximum absolute atomic E-state index is 12.2. The molecule has 0 bridgehead atoms. The average Bonchev–Trinajstić information content (AvgIpc) is 2.89. The minimum Gasteiger partial charge on any atom is -0.388 e. The molecule has 0 aliphatic rings. The third-order valence-electron chi connectivity index (χ3n) is 2.78. The molecule has 6 nitrogen and oxygen atoms in total. The van der Waals surface area contributed by atoms with Crippen molar-refractivity contribution in [3.8, 4) is 0 Å². The van der Waals surface area contributed by atoms with Gasteiger partial charge in [-0.25, -0.2) is 0 Å². The second-order valence-electron chi connectivity index (χ2n) is 4.13. The van der Waals surface area contributed by atoms with E-state index in [9.17, 15) is 14.9 Å². The highest BCUT2D eigenvalue weighted by atomic mass is 79.9. The van der Waals surface area contributed by atoms with Gasteiger partial charge in [0.25, 0.3) is 11.6 Å². The van der Waals surface area contributed by atoms with Gasteiger partial charge in [0.1, 0.15) is 5.56 Å². The Morgan fingerprint density at radius 2 is 2.14 bits per heavy atom. The summed E-state index contributed by atoms with van der Waals surface area (Å²) in [6.45, 7) is 0.329. The van der Waals surface area contributed by atoms with Crippen LogP contribution in [0.25, 0.3) is 0 Å². The van der Waals surface area contributed by atoms with Crippen molar-refractivity contribution in [3.63, 3.8) is 0 Å². The Kier molecular flexibility index (Phi) is 4.92. The van der Waals surface area contributed by atoms with Crippen molar-refractivity contribution in [2.45, 2.75) is 6.54 Å². The molecule has 0 spiro atoms. The number of nitro groups is 1. The zero-order valence-electron chi connectivity index (χ0n) is 11.1. The number of carbonyl (C=O) groups excluding carboxylic acids is 1. The number of rotatable bonds is 5. The fourth-order valence-electron chi connectivity index (χ4n) is 1.74. The van der Waals surface area contributed by atoms with E-state index < -0.39 is 10.8 Å². The molecular weight excluding hydrogens is 358 g/mol. The Labute approximate surface area is 133 Å². The van der Waals surface area contributed by atoms with Crippen LogP contribution in [0.3, 0.4) is 0 Å². The first-order chi connectivity index (χ1) is 10.0. The molecule has 1 amide bonds. The van der Waals surface area contributed by atoms with Crippen LogP contribution in [-0.4, -0.2) is 17.9 Å². The van der Waals surface area contributed by atoms with Crippen LogP contribution in [0.4, 0.5) is 11.4 Å². The summed E-state index contributed by atoms with van der Waals surface area (Å²) in [6, 6.07) is 8.12. The summed E-state index contributed by atoms with van der Waals surface area (Å²) < 4.78 is 0.968. The number of thiophene rings is 1. The standard InChI is InChI=1S/C13H12BrN3O3S/c1-15-8-2-4-11(17(19)20)10(6-8)13(18)16-7-9-3-5-12(14)21-9/h2-6,15H,7H2,1H3,(H,16,18). The van der Waals surface area contributed by atoms with Gasteiger partial charge in [-0.3, -0.25) is 14.9 Å². The molecule has 0 aliphatic heterocycles. The summed E-state index contributed by atoms with van der Waals surface area (Å²) in [6.07, 6.45) is 0. The van der Waals surface area contributed by atoms with E-state index in [2.05, 4.69) is 26.6 Å². The Balaban J connectivity index is 2.19. The van der Waals surface area contributed by atoms with Gasteiger partial charge in [-0.05, 0) is 40.2 Å². The zero-order chi connectivity index (χ0) is 15.4. The Morgan fingerprint density at radius 3 is 2.71 bits per heavy atom. The Hall–Kier alpha value is -1.93. The van der Waals surface area contributed by atoms with Gasteiger partial charge in [0.15, 0.2) is 0 Å². The number of anilines is 1. The first kappa shape index (κ1) is 15.5. The normalized spacial score (nSPS) is 10.2. The number of amides is 1. The van der Waals surface area contributed by atoms with E-state index in [4.69, 9.17) is 0 Å². The molecule has 0 saturated carbocycles. The van der Waals surface area contributed by atoms with Gasteiger partial charge in [-0.1, -0.05) is 0 Å². The summed E-state index contributed by atoms with van der Waals surface area (Å²) in [4.78, 5) is 23.6. The summed E-state index contributed by atoms with van der Waals surface area (Å²) in [5.41, 5.74) is 0.478. The van der Waals surface area contributed by atoms with E-state index in [0.29, 0.717) is 12.2 Å². The van der Waals surface area contributed by atoms with E-state index in [0.717, 1.165) is 8.66 Å². The molecule has 0 fully saturated rings. The van der Waals surface area contributed by atoms with Gasteiger partial charge < -0.3 is 10.6 Å². The molecule has 2 N–H and O–H groups in total. The van der Waals surface area contributed by atoms with E-state index in [1.807, 2.05) is 12.1 Å². The number of hydrogen-bond acceptors (Lipinski definition) is 5. The molecule has 0 saturated heterocycles. The second kappa shape index (κ2) is 6.68. The second-order valence-corrected chi connectivity index (χ2v) is 6.68. The molecule has 1 aromatic heterocycles. The van der Waals surface area contributed by atoms with Crippen LogP contribution in [0.5, 0.6) is 0 Å². The van der Waals surface area contributed by atoms with Crippen molar-refractivity contribution < 1.29 is 9.72 Å². The van der Waals surface area contributed by atoms with Crippen molar-refractivity contribution in [1.29, 1.82) is 0 Å². The van der Waals surface area contributed by atoms with Crippen LogP contribution in [0.2, 0.25) is 0 Å². The summed E-state index contributed by atoms with van der Waals surface area (Å²) in [7, 11) is 1.69. The highest BCUT2D eigenvalue weighted by molar-refractivity contribution is 9.11. The minimum atomic E-state index is -0.559. The fourth-order valence-corrected chi connectivity index (χ4v) is 3.16. The van der Waals surface area contributed by atoms with Crippen molar-refractivity contribution >= 4 is 44.5 Å². The van der Waals surface area contributed by atoms with Crippen LogP contribution < -0.4 is 10.6 Å². The van der Waals surface area contributed by atoms with Gasteiger partial charge in [0.05, 0.1) is 15.3 Å². The van der Waals surface area contributed by atoms with Crippen molar-refractivity contribution in [1.82, 2.24) is 5.32 Å². The predicted octanol–water partition coefficient (Wildman–Crippen LogP) is 3.39. The maximum atomic E-state index is 12.2. The van der Waals surface area contributed by atoms with Crippen molar-refractivity contribution in [2.75, 3.05) is 12.4 Å². The molecule has 8 heteroatoms. The molecule has 1 aromatic carbocycles. The molecule has 2 aromatic rings. The van der Waals surface area contributed by atoms with E-state index in [1.54, 1.807) is 13.1 Å². The lowest BCUT2D eigenvalue weighted by atomic mass is 10.1. The summed E-state index contributed by atoms with van der Waals surface area (Å²) in [5, 5.41) is 16.6. The lowest BCUT2D eigenvalue weighted by molar-refractivity contribution is -0.385. The fraction of sp³-hybridized carbons (Fsp3) is 0.154. The molecule has 21 heavy (non-hydrogen) atoms. The predicted molar refractivity (Wildman–Crippen MR) is 85.8 cm³/mol. The zero-order valence-corrected chi connectivity index (χ0v) is 13.5. The summed E-state index contributed by atoms with van der Waals surface area (Å²) >= 11 is 4.84. The molecule has 1 heterocycles. The Bertz CT molecular complexity index is 687. The maximum Gasteiger partial charge on any atom is 0.282 e. The third kappa shape index (κ3) is 3.79. The monoisotopic (exact) mass is 369 g/mol. The highest BCUT2D eigenvalue weighted by Crippen LogP contribution is 2.24. The number of carbonyl (C=O) groups is 1. The van der Waals surface area contributed by atoms with Crippen LogP contribution >= 0.6 is 27.3 Å². The SMILES string of the molecule is CNc1ccc([N+](=O)[O-])c(C(=O)NCc2ccc(Br)s2)c1. The first-order valence-electron chi connectivity index (χ1n) is 6.00. The Morgan fingerprint density at radius 1 is 1.38 bits per heavy atom. The van der Waals surface area contributed by atoms with Gasteiger partial charge in [0.2, 0.25) is 0 Å². The molecular formula is C13H12BrN3O3S. The molecule has 110 valence electrons. The lowest BCUT2D eigenvalue weighted by Crippen LogP contribution is -2.23. The number of nitrogens with one attached hydrogen (secondary N) is 2. The van der Waals surface area contributed by atoms with Gasteiger partial charge in [0, 0.05) is 23.7 Å². The number of nitrogens with zero attached hydrogens (tertiary/aromatic N) is 1. The van der Waals surface area contributed by atoms with E-state index in [-0.39, 0.29) is 11.3 Å². The van der Waals surface area contributed by atoms with Gasteiger partial charge >= 0.3 is 0 Å². The van der Waals surface area contributed by atoms with Crippen LogP contribution in [-0.2, 0) is 6.54 Å². The van der Waals surface area contributed by atoms with Crippen LogP contribution in [0, 0.1) is 10.1 Å². The average molecular weight is 370 g/mol. The molecule has 2 rings (SSSR count). The van der Waals surface area contributed by atoms with Crippen molar-refractivity contribution in [2.24, 2.45) is 0 Å².